The normalized spacial score (nSPS) is 10.9. The summed E-state index contributed by atoms with van der Waals surface area (Å²) in [5, 5.41) is 68.0. The van der Waals surface area contributed by atoms with Gasteiger partial charge in [-0.25, -0.2) is 28.1 Å². The van der Waals surface area contributed by atoms with E-state index in [1.807, 2.05) is 174 Å². The fourth-order valence-electron chi connectivity index (χ4n) is 9.26. The Kier molecular flexibility index (Phi) is 31.8. The Hall–Kier alpha value is -9.91. The van der Waals surface area contributed by atoms with E-state index in [1.165, 1.54) is 33.4 Å². The number of halogens is 8. The van der Waals surface area contributed by atoms with Crippen molar-refractivity contribution in [2.24, 2.45) is 0 Å². The molecule has 6 aromatic heterocycles. The second kappa shape index (κ2) is 40.5. The van der Waals surface area contributed by atoms with Gasteiger partial charge in [0.25, 0.3) is 0 Å². The third kappa shape index (κ3) is 31.0. The van der Waals surface area contributed by atoms with E-state index in [-0.39, 0.29) is 30.3 Å². The number of aliphatic hydroxyl groups is 2. The number of aliphatic hydroxyl groups excluding tert-OH is 2. The monoisotopic (exact) mass is 1380 g/mol. The molecule has 0 amide bonds. The van der Waals surface area contributed by atoms with Crippen molar-refractivity contribution < 1.29 is 61.8 Å². The van der Waals surface area contributed by atoms with Gasteiger partial charge in [0.2, 0.25) is 0 Å². The molecule has 0 spiro atoms. The number of hydrogen-bond donors (Lipinski definition) is 2. The molecule has 0 saturated heterocycles. The number of rotatable bonds is 24. The maximum absolute atomic E-state index is 9.75. The van der Waals surface area contributed by atoms with E-state index in [9.17, 15) is 34.5 Å². The van der Waals surface area contributed by atoms with Crippen LogP contribution in [0.5, 0.6) is 0 Å². The first-order valence-electron chi connectivity index (χ1n) is 30.3. The van der Waals surface area contributed by atoms with Crippen LogP contribution in [0.15, 0.2) is 219 Å². The molecule has 0 atom stereocenters. The summed E-state index contributed by atoms with van der Waals surface area (Å²) >= 11 is 0. The second-order valence-corrected chi connectivity index (χ2v) is 21.3. The smallest absolute Gasteiger partial charge is 0.418 e. The molecule has 0 bridgehead atoms. The van der Waals surface area contributed by atoms with Crippen molar-refractivity contribution in [2.75, 3.05) is 13.2 Å². The fraction of sp³-hybridized carbons (Fsp3) is 0.250. The third-order valence-corrected chi connectivity index (χ3v) is 13.0. The van der Waals surface area contributed by atoms with Gasteiger partial charge in [-0.2, -0.15) is 0 Å². The molecule has 6 aromatic carbocycles. The molecule has 508 valence electrons. The number of hydrogen-bond acceptors (Lipinski definition) is 16. The molecule has 0 aliphatic carbocycles. The molecule has 33 heteroatoms. The van der Waals surface area contributed by atoms with Crippen LogP contribution in [0.4, 0.5) is 34.5 Å². The zero-order chi connectivity index (χ0) is 68.4. The van der Waals surface area contributed by atoms with Gasteiger partial charge in [0.1, 0.15) is 0 Å². The van der Waals surface area contributed by atoms with Crippen LogP contribution >= 0.6 is 0 Å². The maximum atomic E-state index is 9.75. The molecular formula is C64H72B2F8FeN20O2+2. The van der Waals surface area contributed by atoms with E-state index in [0.29, 0.717) is 78.5 Å². The Bertz CT molecular complexity index is 3360. The molecule has 12 rings (SSSR count). The Labute approximate surface area is 565 Å². The first-order valence-corrected chi connectivity index (χ1v) is 30.3. The van der Waals surface area contributed by atoms with E-state index in [2.05, 4.69) is 144 Å². The van der Waals surface area contributed by atoms with Gasteiger partial charge in [-0.05, 0) is 47.2 Å². The average Bonchev–Trinajstić information content (AvgIpc) is 1.76. The second-order valence-electron chi connectivity index (χ2n) is 21.3. The van der Waals surface area contributed by atoms with Crippen LogP contribution in [0.25, 0.3) is 0 Å². The van der Waals surface area contributed by atoms with Gasteiger partial charge in [0.05, 0.1) is 111 Å². The van der Waals surface area contributed by atoms with Crippen molar-refractivity contribution in [1.29, 1.82) is 0 Å². The van der Waals surface area contributed by atoms with Crippen LogP contribution in [0, 0.1) is 0 Å². The molecular weight excluding hydrogens is 1310 g/mol. The molecule has 97 heavy (non-hydrogen) atoms. The van der Waals surface area contributed by atoms with Crippen LogP contribution in [0.2, 0.25) is 0 Å². The first kappa shape index (κ1) is 76.1. The van der Waals surface area contributed by atoms with Crippen LogP contribution in [-0.4, -0.2) is 138 Å². The van der Waals surface area contributed by atoms with Crippen molar-refractivity contribution in [2.45, 2.75) is 92.4 Å². The summed E-state index contributed by atoms with van der Waals surface area (Å²) in [7, 11) is -12.0. The predicted molar refractivity (Wildman–Crippen MR) is 345 cm³/mol. The van der Waals surface area contributed by atoms with Gasteiger partial charge < -0.3 is 44.7 Å². The zero-order valence-corrected chi connectivity index (χ0v) is 54.2. The fourth-order valence-corrected chi connectivity index (χ4v) is 9.26. The third-order valence-electron chi connectivity index (χ3n) is 13.0. The minimum atomic E-state index is -6.00. The van der Waals surface area contributed by atoms with Gasteiger partial charge in [0.15, 0.2) is 0 Å². The molecule has 22 nitrogen and oxygen atoms in total. The van der Waals surface area contributed by atoms with Gasteiger partial charge in [-0.1, -0.05) is 213 Å². The largest absolute Gasteiger partial charge is 4.00 e. The van der Waals surface area contributed by atoms with Crippen molar-refractivity contribution in [3.63, 3.8) is 0 Å². The molecule has 6 heterocycles. The Morgan fingerprint density at radius 3 is 0.526 bits per heavy atom. The first-order chi connectivity index (χ1) is 46.3. The van der Waals surface area contributed by atoms with Crippen molar-refractivity contribution in [3.05, 3.63) is 287 Å². The number of nitrogens with zero attached hydrogens (tertiary/aromatic N) is 20. The summed E-state index contributed by atoms with van der Waals surface area (Å²) in [6.07, 6.45) is 12.0. The van der Waals surface area contributed by atoms with E-state index in [0.717, 1.165) is 34.2 Å². The van der Waals surface area contributed by atoms with E-state index in [1.54, 1.807) is 13.8 Å². The average molecular weight is 1380 g/mol. The standard InChI is InChI=1S/2C30H30N10.2C2H6O.2BF4.Fe/c2*1-4-10-25(11-5-1)16-38-22-28(31-34-38)19-37(20-29-23-39(35-32-29)17-26-12-6-2-7-13-26)21-30-24-40(36-33-30)18-27-14-8-3-9-15-27;2*1-2-3;2*2-1(3,4)5;/h2*1-15,22-24H,16-21H2;2*3H,2H2,1H3;;;/q;;;;2*-1;+4. The van der Waals surface area contributed by atoms with Crippen molar-refractivity contribution in [3.8, 4) is 0 Å². The SMILES string of the molecule is CCO.CCO.F[B-](F)(F)F.F[B-](F)(F)F.[Fe+4].c1ccc(Cn2cc(CN(Cc3cn(Cc4ccccc4)nn3)Cc3cn(Cc4ccccc4)nn3)nn2)cc1.c1ccc(Cn2cc(CN(Cc3cn(Cc4ccccc4)nn3)Cc3cn(Cc4ccccc4)nn3)nn2)cc1. The molecule has 0 aliphatic rings. The van der Waals surface area contributed by atoms with Crippen LogP contribution in [-0.2, 0) is 95.6 Å². The predicted octanol–water partition coefficient (Wildman–Crippen LogP) is 10.2. The van der Waals surface area contributed by atoms with E-state index >= 15 is 0 Å². The van der Waals surface area contributed by atoms with Gasteiger partial charge in [-0.3, -0.25) is 9.80 Å². The zero-order valence-electron chi connectivity index (χ0n) is 53.1. The van der Waals surface area contributed by atoms with Gasteiger partial charge in [0, 0.05) is 52.5 Å². The molecule has 0 saturated carbocycles. The van der Waals surface area contributed by atoms with Crippen molar-refractivity contribution in [1.82, 2.24) is 99.8 Å². The number of aromatic nitrogens is 18. The minimum Gasteiger partial charge on any atom is -0.418 e. The van der Waals surface area contributed by atoms with Crippen LogP contribution in [0.1, 0.15) is 81.4 Å². The quantitative estimate of drug-likeness (QED) is 0.0423. The molecule has 0 aliphatic heterocycles. The summed E-state index contributed by atoms with van der Waals surface area (Å²) in [5.74, 6) is 0. The van der Waals surface area contributed by atoms with Gasteiger partial charge >= 0.3 is 31.6 Å². The van der Waals surface area contributed by atoms with E-state index in [4.69, 9.17) is 10.2 Å². The van der Waals surface area contributed by atoms with E-state index < -0.39 is 14.5 Å². The minimum absolute atomic E-state index is 0. The van der Waals surface area contributed by atoms with Crippen LogP contribution < -0.4 is 0 Å². The Balaban J connectivity index is 0.000000249. The Morgan fingerprint density at radius 2 is 0.402 bits per heavy atom. The molecule has 0 radical (unpaired) electrons. The summed E-state index contributed by atoms with van der Waals surface area (Å²) in [5.41, 5.74) is 12.4. The summed E-state index contributed by atoms with van der Waals surface area (Å²) in [6, 6.07) is 61.5. The molecule has 0 fully saturated rings. The molecule has 2 N–H and O–H groups in total. The topological polar surface area (TPSA) is 231 Å². The van der Waals surface area contributed by atoms with Crippen molar-refractivity contribution >= 4 is 14.5 Å². The Morgan fingerprint density at radius 1 is 0.278 bits per heavy atom. The molecule has 12 aromatic rings. The van der Waals surface area contributed by atoms with Crippen LogP contribution in [0.3, 0.4) is 0 Å². The number of benzene rings is 6. The maximum Gasteiger partial charge on any atom is 4.00 e. The summed E-state index contributed by atoms with van der Waals surface area (Å²) in [4.78, 5) is 4.48. The molecule has 0 unspecified atom stereocenters. The van der Waals surface area contributed by atoms with Gasteiger partial charge in [-0.15, -0.1) is 30.6 Å². The summed E-state index contributed by atoms with van der Waals surface area (Å²) in [6.45, 7) is 11.5. The summed E-state index contributed by atoms with van der Waals surface area (Å²) < 4.78 is 89.2.